The Hall–Kier alpha value is -1.76. The Bertz CT molecular complexity index is 544. The molecular weight excluding hydrogens is 286 g/mol. The van der Waals surface area contributed by atoms with E-state index in [2.05, 4.69) is 10.2 Å². The van der Waals surface area contributed by atoms with Gasteiger partial charge in [-0.25, -0.2) is 0 Å². The molecule has 21 heavy (non-hydrogen) atoms. The summed E-state index contributed by atoms with van der Waals surface area (Å²) in [7, 11) is 5.22. The van der Waals surface area contributed by atoms with Crippen molar-refractivity contribution in [2.24, 2.45) is 5.73 Å². The van der Waals surface area contributed by atoms with Gasteiger partial charge in [-0.3, -0.25) is 4.79 Å². The van der Waals surface area contributed by atoms with Gasteiger partial charge in [-0.15, -0.1) is 5.10 Å². The van der Waals surface area contributed by atoms with Crippen molar-refractivity contribution in [2.75, 3.05) is 32.6 Å². The first-order valence-electron chi connectivity index (χ1n) is 6.92. The molecule has 0 saturated heterocycles. The number of nitrogens with two attached hydrogens (primary N) is 1. The Morgan fingerprint density at radius 1 is 1.19 bits per heavy atom. The van der Waals surface area contributed by atoms with Gasteiger partial charge < -0.3 is 15.5 Å². The van der Waals surface area contributed by atoms with Gasteiger partial charge in [-0.05, 0) is 18.4 Å². The number of aromatic nitrogens is 2. The quantitative estimate of drug-likeness (QED) is 0.782. The second kappa shape index (κ2) is 7.31. The Kier molecular flexibility index (Phi) is 6.02. The molecule has 2 N–H and O–H groups in total. The maximum Gasteiger partial charge on any atom is 0.241 e. The molecule has 1 rings (SSSR count). The summed E-state index contributed by atoms with van der Waals surface area (Å²) in [5, 5.41) is 8.48. The predicted octanol–water partition coefficient (Wildman–Crippen LogP) is 0.760. The van der Waals surface area contributed by atoms with Crippen molar-refractivity contribution in [3.63, 3.8) is 0 Å². The van der Waals surface area contributed by atoms with Crippen LogP contribution >= 0.6 is 12.2 Å². The maximum atomic E-state index is 11.9. The number of hydrogen-bond donors (Lipinski definition) is 1. The van der Waals surface area contributed by atoms with E-state index in [9.17, 15) is 4.79 Å². The van der Waals surface area contributed by atoms with Crippen molar-refractivity contribution < 1.29 is 4.79 Å². The third-order valence-electron chi connectivity index (χ3n) is 3.31. The average Bonchev–Trinajstić information content (AvgIpc) is 2.44. The molecule has 6 nitrogen and oxygen atoms in total. The third kappa shape index (κ3) is 3.87. The summed E-state index contributed by atoms with van der Waals surface area (Å²) < 4.78 is 0. The van der Waals surface area contributed by atoms with Crippen LogP contribution in [0.25, 0.3) is 0 Å². The first kappa shape index (κ1) is 17.3. The lowest BCUT2D eigenvalue weighted by atomic mass is 10.0. The van der Waals surface area contributed by atoms with Gasteiger partial charge in [-0.2, -0.15) is 5.10 Å². The number of rotatable bonds is 6. The molecule has 1 aromatic rings. The molecule has 1 amide bonds. The number of carbonyl (C=O) groups is 1. The summed E-state index contributed by atoms with van der Waals surface area (Å²) >= 11 is 5.18. The van der Waals surface area contributed by atoms with Gasteiger partial charge in [0.2, 0.25) is 5.91 Å². The largest absolute Gasteiger partial charge is 0.389 e. The summed E-state index contributed by atoms with van der Waals surface area (Å²) in [5.41, 5.74) is 8.53. The summed E-state index contributed by atoms with van der Waals surface area (Å²) in [6.07, 6.45) is 1.54. The molecule has 0 radical (unpaired) electrons. The van der Waals surface area contributed by atoms with Crippen LogP contribution in [0.5, 0.6) is 0 Å². The van der Waals surface area contributed by atoms with Crippen molar-refractivity contribution in [1.82, 2.24) is 15.1 Å². The fraction of sp³-hybridized carbons (Fsp3) is 0.571. The summed E-state index contributed by atoms with van der Waals surface area (Å²) in [5.74, 6) is 0.539. The number of aryl methyl sites for hydroxylation is 1. The van der Waals surface area contributed by atoms with Crippen LogP contribution in [0.4, 0.5) is 5.82 Å². The van der Waals surface area contributed by atoms with E-state index >= 15 is 0 Å². The van der Waals surface area contributed by atoms with Gasteiger partial charge in [0.25, 0.3) is 0 Å². The Labute approximate surface area is 131 Å². The highest BCUT2D eigenvalue weighted by atomic mass is 32.1. The van der Waals surface area contributed by atoms with Gasteiger partial charge >= 0.3 is 0 Å². The van der Waals surface area contributed by atoms with Crippen LogP contribution in [0, 0.1) is 0 Å². The first-order chi connectivity index (χ1) is 9.83. The number of nitrogens with zero attached hydrogens (tertiary/aromatic N) is 4. The molecule has 0 spiro atoms. The molecule has 1 aromatic heterocycles. The van der Waals surface area contributed by atoms with E-state index in [1.54, 1.807) is 26.0 Å². The number of carbonyl (C=O) groups excluding carboxylic acids is 1. The molecular formula is C14H23N5OS. The molecule has 0 aliphatic heterocycles. The van der Waals surface area contributed by atoms with Gasteiger partial charge in [0.15, 0.2) is 5.82 Å². The van der Waals surface area contributed by atoms with Gasteiger partial charge in [0.1, 0.15) is 4.99 Å². The van der Waals surface area contributed by atoms with Gasteiger partial charge in [0, 0.05) is 21.1 Å². The molecule has 1 heterocycles. The zero-order chi connectivity index (χ0) is 16.2. The number of likely N-dealkylation sites (N-methyl/N-ethyl adjacent to an activating group) is 2. The van der Waals surface area contributed by atoms with Crippen LogP contribution in [0.2, 0.25) is 0 Å². The normalized spacial score (nSPS) is 10.3. The molecule has 0 aliphatic carbocycles. The molecule has 0 fully saturated rings. The minimum Gasteiger partial charge on any atom is -0.389 e. The van der Waals surface area contributed by atoms with E-state index in [0.717, 1.165) is 29.7 Å². The van der Waals surface area contributed by atoms with Gasteiger partial charge in [0.05, 0.1) is 17.8 Å². The van der Waals surface area contributed by atoms with Crippen LogP contribution in [-0.4, -0.2) is 53.7 Å². The minimum absolute atomic E-state index is 0.0224. The standard InChI is InChI=1S/C14H23N5OS/c1-6-9-10(7-2)16-17-14(12(9)13(15)21)19(5)8-11(20)18(3)4/h6-8H2,1-5H3,(H2,15,21). The lowest BCUT2D eigenvalue weighted by Gasteiger charge is -2.23. The molecule has 0 atom stereocenters. The fourth-order valence-electron chi connectivity index (χ4n) is 2.11. The second-order valence-electron chi connectivity index (χ2n) is 5.04. The van der Waals surface area contributed by atoms with E-state index in [4.69, 9.17) is 18.0 Å². The average molecular weight is 309 g/mol. The summed E-state index contributed by atoms with van der Waals surface area (Å²) in [4.78, 5) is 15.4. The first-order valence-corrected chi connectivity index (χ1v) is 7.33. The zero-order valence-corrected chi connectivity index (χ0v) is 14.1. The lowest BCUT2D eigenvalue weighted by Crippen LogP contribution is -2.36. The second-order valence-corrected chi connectivity index (χ2v) is 5.48. The number of anilines is 1. The molecule has 0 unspecified atom stereocenters. The van der Waals surface area contributed by atoms with Crippen molar-refractivity contribution in [1.29, 1.82) is 0 Å². The minimum atomic E-state index is -0.0224. The Morgan fingerprint density at radius 2 is 1.81 bits per heavy atom. The summed E-state index contributed by atoms with van der Waals surface area (Å²) in [6, 6.07) is 0. The van der Waals surface area contributed by atoms with Crippen molar-refractivity contribution >= 4 is 28.9 Å². The number of thiocarbonyl (C=S) groups is 1. The van der Waals surface area contributed by atoms with E-state index in [0.29, 0.717) is 5.82 Å². The SMILES string of the molecule is CCc1nnc(N(C)CC(=O)N(C)C)c(C(N)=S)c1CC. The topological polar surface area (TPSA) is 75.4 Å². The van der Waals surface area contributed by atoms with Crippen LogP contribution in [0.1, 0.15) is 30.7 Å². The van der Waals surface area contributed by atoms with E-state index in [1.165, 1.54) is 4.90 Å². The van der Waals surface area contributed by atoms with E-state index in [1.807, 2.05) is 13.8 Å². The van der Waals surface area contributed by atoms with Crippen LogP contribution in [0.15, 0.2) is 0 Å². The van der Waals surface area contributed by atoms with Crippen molar-refractivity contribution in [3.8, 4) is 0 Å². The third-order valence-corrected chi connectivity index (χ3v) is 3.51. The predicted molar refractivity (Wildman–Crippen MR) is 88.6 cm³/mol. The molecule has 0 bridgehead atoms. The monoisotopic (exact) mass is 309 g/mol. The number of hydrogen-bond acceptors (Lipinski definition) is 5. The summed E-state index contributed by atoms with van der Waals surface area (Å²) in [6.45, 7) is 4.25. The van der Waals surface area contributed by atoms with E-state index < -0.39 is 0 Å². The molecule has 0 saturated carbocycles. The zero-order valence-electron chi connectivity index (χ0n) is 13.3. The highest BCUT2D eigenvalue weighted by molar-refractivity contribution is 7.80. The fourth-order valence-corrected chi connectivity index (χ4v) is 2.32. The molecule has 7 heteroatoms. The number of amides is 1. The Balaban J connectivity index is 3.29. The van der Waals surface area contributed by atoms with Crippen LogP contribution in [-0.2, 0) is 17.6 Å². The van der Waals surface area contributed by atoms with E-state index in [-0.39, 0.29) is 17.4 Å². The van der Waals surface area contributed by atoms with Crippen LogP contribution in [0.3, 0.4) is 0 Å². The highest BCUT2D eigenvalue weighted by Crippen LogP contribution is 2.23. The lowest BCUT2D eigenvalue weighted by molar-refractivity contribution is -0.127. The van der Waals surface area contributed by atoms with Gasteiger partial charge in [-0.1, -0.05) is 26.1 Å². The molecule has 0 aromatic carbocycles. The maximum absolute atomic E-state index is 11.9. The molecule has 0 aliphatic rings. The molecule has 116 valence electrons. The highest BCUT2D eigenvalue weighted by Gasteiger charge is 2.21. The Morgan fingerprint density at radius 3 is 2.24 bits per heavy atom. The van der Waals surface area contributed by atoms with Crippen molar-refractivity contribution in [3.05, 3.63) is 16.8 Å². The van der Waals surface area contributed by atoms with Crippen LogP contribution < -0.4 is 10.6 Å². The van der Waals surface area contributed by atoms with Crippen molar-refractivity contribution in [2.45, 2.75) is 26.7 Å². The smallest absolute Gasteiger partial charge is 0.241 e.